The third-order valence-corrected chi connectivity index (χ3v) is 4.93. The third kappa shape index (κ3) is 3.94. The Balaban J connectivity index is 1.81. The minimum absolute atomic E-state index is 0.381. The van der Waals surface area contributed by atoms with E-state index < -0.39 is 0 Å². The van der Waals surface area contributed by atoms with Crippen LogP contribution in [0.25, 0.3) is 22.6 Å². The molecule has 0 spiro atoms. The predicted molar refractivity (Wildman–Crippen MR) is 110 cm³/mol. The molecule has 138 valence electrons. The highest BCUT2D eigenvalue weighted by atomic mass is 35.5. The maximum absolute atomic E-state index is 6.02. The summed E-state index contributed by atoms with van der Waals surface area (Å²) < 4.78 is 0. The highest BCUT2D eigenvalue weighted by molar-refractivity contribution is 6.30. The second kappa shape index (κ2) is 7.62. The third-order valence-electron chi connectivity index (χ3n) is 4.68. The number of piperazine rings is 1. The van der Waals surface area contributed by atoms with Crippen molar-refractivity contribution in [2.45, 2.75) is 25.9 Å². The molecule has 3 aromatic rings. The second-order valence-corrected chi connectivity index (χ2v) is 7.49. The SMILES string of the molecule is CC1CN(c2nc(-c3ccc(Cl)cc3)nnc2-c2ccccc2)CC(C)N1. The quantitative estimate of drug-likeness (QED) is 0.744. The van der Waals surface area contributed by atoms with Gasteiger partial charge in [-0.05, 0) is 38.1 Å². The van der Waals surface area contributed by atoms with Crippen LogP contribution >= 0.6 is 11.6 Å². The van der Waals surface area contributed by atoms with E-state index in [0.29, 0.717) is 22.9 Å². The highest BCUT2D eigenvalue weighted by Gasteiger charge is 2.26. The van der Waals surface area contributed by atoms with Crippen LogP contribution < -0.4 is 10.2 Å². The average Bonchev–Trinajstić information content (AvgIpc) is 2.68. The minimum atomic E-state index is 0.381. The van der Waals surface area contributed by atoms with Crippen molar-refractivity contribution >= 4 is 17.4 Å². The first-order chi connectivity index (χ1) is 13.1. The minimum Gasteiger partial charge on any atom is -0.352 e. The Morgan fingerprint density at radius 1 is 0.889 bits per heavy atom. The zero-order chi connectivity index (χ0) is 18.8. The van der Waals surface area contributed by atoms with Gasteiger partial charge in [-0.3, -0.25) is 0 Å². The maximum atomic E-state index is 6.02. The smallest absolute Gasteiger partial charge is 0.183 e. The number of nitrogens with one attached hydrogen (secondary N) is 1. The molecule has 1 N–H and O–H groups in total. The molecule has 1 aliphatic heterocycles. The Labute approximate surface area is 164 Å². The largest absolute Gasteiger partial charge is 0.352 e. The summed E-state index contributed by atoms with van der Waals surface area (Å²) in [7, 11) is 0. The Morgan fingerprint density at radius 2 is 1.56 bits per heavy atom. The van der Waals surface area contributed by atoms with E-state index in [1.165, 1.54) is 0 Å². The van der Waals surface area contributed by atoms with Gasteiger partial charge in [0, 0.05) is 41.3 Å². The van der Waals surface area contributed by atoms with Crippen molar-refractivity contribution in [1.29, 1.82) is 0 Å². The van der Waals surface area contributed by atoms with E-state index in [9.17, 15) is 0 Å². The van der Waals surface area contributed by atoms with Crippen molar-refractivity contribution in [3.05, 3.63) is 59.6 Å². The number of nitrogens with zero attached hydrogens (tertiary/aromatic N) is 4. The number of benzene rings is 2. The van der Waals surface area contributed by atoms with Gasteiger partial charge in [0.2, 0.25) is 0 Å². The first-order valence-corrected chi connectivity index (χ1v) is 9.55. The first kappa shape index (κ1) is 17.9. The standard InChI is InChI=1S/C21H22ClN5/c1-14-12-27(13-15(2)23-14)21-19(16-6-4-3-5-7-16)25-26-20(24-21)17-8-10-18(22)11-9-17/h3-11,14-15,23H,12-13H2,1-2H3. The van der Waals surface area contributed by atoms with Crippen molar-refractivity contribution in [2.75, 3.05) is 18.0 Å². The molecule has 2 heterocycles. The zero-order valence-electron chi connectivity index (χ0n) is 15.4. The number of rotatable bonds is 3. The van der Waals surface area contributed by atoms with Crippen LogP contribution in [0.2, 0.25) is 5.02 Å². The number of hydrogen-bond acceptors (Lipinski definition) is 5. The van der Waals surface area contributed by atoms with Crippen LogP contribution in [0.3, 0.4) is 0 Å². The fourth-order valence-corrected chi connectivity index (χ4v) is 3.67. The van der Waals surface area contributed by atoms with E-state index in [4.69, 9.17) is 16.6 Å². The molecule has 1 aliphatic rings. The monoisotopic (exact) mass is 379 g/mol. The maximum Gasteiger partial charge on any atom is 0.183 e. The number of aromatic nitrogens is 3. The first-order valence-electron chi connectivity index (χ1n) is 9.17. The lowest BCUT2D eigenvalue weighted by Crippen LogP contribution is -2.54. The lowest BCUT2D eigenvalue weighted by molar-refractivity contribution is 0.405. The molecule has 5 nitrogen and oxygen atoms in total. The number of hydrogen-bond donors (Lipinski definition) is 1. The second-order valence-electron chi connectivity index (χ2n) is 7.05. The zero-order valence-corrected chi connectivity index (χ0v) is 16.2. The Bertz CT molecular complexity index is 904. The molecule has 2 unspecified atom stereocenters. The van der Waals surface area contributed by atoms with Gasteiger partial charge in [-0.2, -0.15) is 0 Å². The van der Waals surface area contributed by atoms with E-state index in [0.717, 1.165) is 35.7 Å². The summed E-state index contributed by atoms with van der Waals surface area (Å²) in [6.07, 6.45) is 0. The molecule has 0 radical (unpaired) electrons. The van der Waals surface area contributed by atoms with Gasteiger partial charge >= 0.3 is 0 Å². The van der Waals surface area contributed by atoms with Gasteiger partial charge in [0.05, 0.1) is 0 Å². The van der Waals surface area contributed by atoms with Crippen LogP contribution in [0.1, 0.15) is 13.8 Å². The summed E-state index contributed by atoms with van der Waals surface area (Å²) >= 11 is 6.02. The number of anilines is 1. The molecule has 4 rings (SSSR count). The van der Waals surface area contributed by atoms with Crippen LogP contribution in [-0.4, -0.2) is 40.4 Å². The summed E-state index contributed by atoms with van der Waals surface area (Å²) in [5.41, 5.74) is 2.74. The fraction of sp³-hybridized carbons (Fsp3) is 0.286. The van der Waals surface area contributed by atoms with E-state index in [-0.39, 0.29) is 0 Å². The Morgan fingerprint density at radius 3 is 2.22 bits per heavy atom. The Hall–Kier alpha value is -2.50. The molecule has 0 aliphatic carbocycles. The van der Waals surface area contributed by atoms with Gasteiger partial charge in [-0.25, -0.2) is 4.98 Å². The van der Waals surface area contributed by atoms with Crippen molar-refractivity contribution < 1.29 is 0 Å². The average molecular weight is 380 g/mol. The van der Waals surface area contributed by atoms with E-state index >= 15 is 0 Å². The lowest BCUT2D eigenvalue weighted by atomic mass is 10.1. The highest BCUT2D eigenvalue weighted by Crippen LogP contribution is 2.30. The lowest BCUT2D eigenvalue weighted by Gasteiger charge is -2.37. The van der Waals surface area contributed by atoms with Gasteiger partial charge in [0.1, 0.15) is 5.69 Å². The molecule has 1 aromatic heterocycles. The predicted octanol–water partition coefficient (Wildman–Crippen LogP) is 4.05. The molecular formula is C21H22ClN5. The summed E-state index contributed by atoms with van der Waals surface area (Å²) in [6, 6.07) is 18.4. The van der Waals surface area contributed by atoms with Gasteiger partial charge < -0.3 is 10.2 Å². The van der Waals surface area contributed by atoms with Crippen molar-refractivity contribution in [2.24, 2.45) is 0 Å². The van der Waals surface area contributed by atoms with Crippen LogP contribution in [-0.2, 0) is 0 Å². The van der Waals surface area contributed by atoms with Gasteiger partial charge in [0.25, 0.3) is 0 Å². The fourth-order valence-electron chi connectivity index (χ4n) is 3.54. The van der Waals surface area contributed by atoms with Crippen molar-refractivity contribution in [1.82, 2.24) is 20.5 Å². The molecule has 0 bridgehead atoms. The molecule has 2 aromatic carbocycles. The molecule has 27 heavy (non-hydrogen) atoms. The van der Waals surface area contributed by atoms with E-state index in [2.05, 4.69) is 34.3 Å². The summed E-state index contributed by atoms with van der Waals surface area (Å²) in [5.74, 6) is 1.49. The van der Waals surface area contributed by atoms with E-state index in [1.54, 1.807) is 0 Å². The van der Waals surface area contributed by atoms with Gasteiger partial charge in [-0.15, -0.1) is 10.2 Å². The topological polar surface area (TPSA) is 53.9 Å². The van der Waals surface area contributed by atoms with Gasteiger partial charge in [0.15, 0.2) is 11.6 Å². The van der Waals surface area contributed by atoms with Crippen LogP contribution in [0.15, 0.2) is 54.6 Å². The summed E-state index contributed by atoms with van der Waals surface area (Å²) in [5, 5.41) is 13.2. The van der Waals surface area contributed by atoms with Crippen molar-refractivity contribution in [3.63, 3.8) is 0 Å². The van der Waals surface area contributed by atoms with Crippen LogP contribution in [0.5, 0.6) is 0 Å². The molecule has 6 heteroatoms. The molecule has 1 saturated heterocycles. The van der Waals surface area contributed by atoms with Gasteiger partial charge in [-0.1, -0.05) is 41.9 Å². The molecule has 0 saturated carbocycles. The summed E-state index contributed by atoms with van der Waals surface area (Å²) in [6.45, 7) is 6.14. The van der Waals surface area contributed by atoms with Crippen molar-refractivity contribution in [3.8, 4) is 22.6 Å². The Kier molecular flexibility index (Phi) is 5.05. The van der Waals surface area contributed by atoms with Crippen LogP contribution in [0, 0.1) is 0 Å². The molecule has 1 fully saturated rings. The molecule has 2 atom stereocenters. The van der Waals surface area contributed by atoms with E-state index in [1.807, 2.05) is 54.6 Å². The number of halogens is 1. The summed E-state index contributed by atoms with van der Waals surface area (Å²) in [4.78, 5) is 7.23. The molecule has 0 amide bonds. The normalized spacial score (nSPS) is 19.9. The van der Waals surface area contributed by atoms with Crippen LogP contribution in [0.4, 0.5) is 5.82 Å². The molecular weight excluding hydrogens is 358 g/mol.